The summed E-state index contributed by atoms with van der Waals surface area (Å²) in [6, 6.07) is 0.663. The molecule has 1 aromatic rings. The van der Waals surface area contributed by atoms with Crippen LogP contribution in [0.1, 0.15) is 37.4 Å². The lowest BCUT2D eigenvalue weighted by Gasteiger charge is -2.25. The zero-order chi connectivity index (χ0) is 15.4. The maximum absolute atomic E-state index is 11.8. The summed E-state index contributed by atoms with van der Waals surface area (Å²) in [4.78, 5) is 13.9. The van der Waals surface area contributed by atoms with Crippen molar-refractivity contribution in [3.8, 4) is 0 Å². The molecular weight excluding hydrogens is 266 g/mol. The molecule has 6 heteroatoms. The molecule has 2 rings (SSSR count). The molecule has 0 bridgehead atoms. The van der Waals surface area contributed by atoms with Crippen molar-refractivity contribution in [3.05, 3.63) is 11.3 Å². The Labute approximate surface area is 126 Å². The number of hydrogen-bond donors (Lipinski definition) is 2. The quantitative estimate of drug-likeness (QED) is 0.749. The van der Waals surface area contributed by atoms with Gasteiger partial charge in [0, 0.05) is 38.8 Å². The van der Waals surface area contributed by atoms with Crippen LogP contribution >= 0.6 is 0 Å². The van der Waals surface area contributed by atoms with E-state index in [1.807, 2.05) is 18.7 Å². The second-order valence-electron chi connectivity index (χ2n) is 5.76. The fraction of sp³-hybridized carbons (Fsp3) is 0.733. The molecule has 1 fully saturated rings. The Bertz CT molecular complexity index is 492. The molecule has 1 aromatic heterocycles. The molecule has 1 heterocycles. The number of aryl methyl sites for hydroxylation is 2. The third-order valence-electron chi connectivity index (χ3n) is 3.86. The Morgan fingerprint density at radius 3 is 2.76 bits per heavy atom. The van der Waals surface area contributed by atoms with E-state index in [0.29, 0.717) is 12.6 Å². The van der Waals surface area contributed by atoms with Gasteiger partial charge in [-0.1, -0.05) is 6.92 Å². The highest BCUT2D eigenvalue weighted by Gasteiger charge is 2.24. The maximum Gasteiger partial charge on any atom is 0.239 e. The molecule has 0 aliphatic heterocycles. The van der Waals surface area contributed by atoms with Crippen LogP contribution in [0.25, 0.3) is 0 Å². The fourth-order valence-corrected chi connectivity index (χ4v) is 2.61. The van der Waals surface area contributed by atoms with Gasteiger partial charge in [0.15, 0.2) is 0 Å². The summed E-state index contributed by atoms with van der Waals surface area (Å²) in [6.45, 7) is 6.22. The van der Waals surface area contributed by atoms with Crippen LogP contribution in [-0.2, 0) is 18.4 Å². The lowest BCUT2D eigenvalue weighted by atomic mass is 10.2. The van der Waals surface area contributed by atoms with Gasteiger partial charge in [-0.05, 0) is 26.2 Å². The highest BCUT2D eigenvalue weighted by atomic mass is 16.1. The predicted molar refractivity (Wildman–Crippen MR) is 84.4 cm³/mol. The third-order valence-corrected chi connectivity index (χ3v) is 3.86. The standard InChI is InChI=1S/C15H27N5O/c1-5-8-20(10-14(21)16-3)15-13(9-17-12-6-7-12)11(2)18-19(15)4/h12,17H,5-10H2,1-4H3,(H,16,21). The van der Waals surface area contributed by atoms with E-state index in [4.69, 9.17) is 0 Å². The molecule has 0 spiro atoms. The number of hydrogen-bond acceptors (Lipinski definition) is 4. The van der Waals surface area contributed by atoms with Crippen LogP contribution in [-0.4, -0.2) is 41.9 Å². The van der Waals surface area contributed by atoms with Crippen LogP contribution in [0.15, 0.2) is 0 Å². The van der Waals surface area contributed by atoms with E-state index < -0.39 is 0 Å². The molecule has 6 nitrogen and oxygen atoms in total. The smallest absolute Gasteiger partial charge is 0.239 e. The number of anilines is 1. The zero-order valence-electron chi connectivity index (χ0n) is 13.6. The van der Waals surface area contributed by atoms with Crippen molar-refractivity contribution in [2.45, 2.75) is 45.7 Å². The molecule has 0 saturated heterocycles. The van der Waals surface area contributed by atoms with Crippen molar-refractivity contribution in [1.29, 1.82) is 0 Å². The normalized spacial score (nSPS) is 14.3. The highest BCUT2D eigenvalue weighted by molar-refractivity contribution is 5.81. The minimum absolute atomic E-state index is 0.0309. The van der Waals surface area contributed by atoms with E-state index in [1.165, 1.54) is 18.4 Å². The fourth-order valence-electron chi connectivity index (χ4n) is 2.61. The van der Waals surface area contributed by atoms with E-state index in [-0.39, 0.29) is 5.91 Å². The monoisotopic (exact) mass is 293 g/mol. The Morgan fingerprint density at radius 2 is 2.19 bits per heavy atom. The van der Waals surface area contributed by atoms with Crippen LogP contribution in [0.3, 0.4) is 0 Å². The van der Waals surface area contributed by atoms with Gasteiger partial charge in [0.2, 0.25) is 5.91 Å². The predicted octanol–water partition coefficient (Wildman–Crippen LogP) is 0.943. The van der Waals surface area contributed by atoms with Gasteiger partial charge in [-0.2, -0.15) is 5.10 Å². The van der Waals surface area contributed by atoms with Gasteiger partial charge in [-0.3, -0.25) is 9.48 Å². The Balaban J connectivity index is 2.21. The van der Waals surface area contributed by atoms with Crippen molar-refractivity contribution in [2.24, 2.45) is 7.05 Å². The number of amides is 1. The highest BCUT2D eigenvalue weighted by Crippen LogP contribution is 2.25. The molecular formula is C15H27N5O. The first-order valence-electron chi connectivity index (χ1n) is 7.78. The number of likely N-dealkylation sites (N-methyl/N-ethyl adjacent to an activating group) is 1. The number of nitrogens with one attached hydrogen (secondary N) is 2. The minimum atomic E-state index is 0.0309. The van der Waals surface area contributed by atoms with Crippen LogP contribution in [0, 0.1) is 6.92 Å². The molecule has 0 aromatic carbocycles. The zero-order valence-corrected chi connectivity index (χ0v) is 13.6. The maximum atomic E-state index is 11.8. The number of nitrogens with zero attached hydrogens (tertiary/aromatic N) is 3. The molecule has 1 aliphatic rings. The van der Waals surface area contributed by atoms with Gasteiger partial charge in [-0.15, -0.1) is 0 Å². The molecule has 1 amide bonds. The van der Waals surface area contributed by atoms with Gasteiger partial charge in [0.25, 0.3) is 0 Å². The summed E-state index contributed by atoms with van der Waals surface area (Å²) >= 11 is 0. The summed E-state index contributed by atoms with van der Waals surface area (Å²) in [5.41, 5.74) is 2.25. The SMILES string of the molecule is CCCN(CC(=O)NC)c1c(CNC2CC2)c(C)nn1C. The summed E-state index contributed by atoms with van der Waals surface area (Å²) in [5, 5.41) is 10.8. The van der Waals surface area contributed by atoms with Crippen molar-refractivity contribution in [2.75, 3.05) is 25.0 Å². The average molecular weight is 293 g/mol. The molecule has 1 saturated carbocycles. The van der Waals surface area contributed by atoms with Gasteiger partial charge < -0.3 is 15.5 Å². The first kappa shape index (κ1) is 15.8. The van der Waals surface area contributed by atoms with Gasteiger partial charge >= 0.3 is 0 Å². The number of carbonyl (C=O) groups is 1. The van der Waals surface area contributed by atoms with Gasteiger partial charge in [-0.25, -0.2) is 0 Å². The third kappa shape index (κ3) is 3.97. The second kappa shape index (κ2) is 6.93. The number of carbonyl (C=O) groups excluding carboxylic acids is 1. The lowest BCUT2D eigenvalue weighted by Crippen LogP contribution is -2.38. The Kier molecular flexibility index (Phi) is 5.22. The summed E-state index contributed by atoms with van der Waals surface area (Å²) in [7, 11) is 3.63. The summed E-state index contributed by atoms with van der Waals surface area (Å²) < 4.78 is 1.90. The topological polar surface area (TPSA) is 62.2 Å². The number of aromatic nitrogens is 2. The molecule has 1 aliphatic carbocycles. The van der Waals surface area contributed by atoms with Crippen LogP contribution < -0.4 is 15.5 Å². The molecule has 0 unspecified atom stereocenters. The van der Waals surface area contributed by atoms with Crippen molar-refractivity contribution >= 4 is 11.7 Å². The Hall–Kier alpha value is -1.56. The van der Waals surface area contributed by atoms with Crippen LogP contribution in [0.5, 0.6) is 0 Å². The summed E-state index contributed by atoms with van der Waals surface area (Å²) in [6.07, 6.45) is 3.54. The van der Waals surface area contributed by atoms with Crippen molar-refractivity contribution in [3.63, 3.8) is 0 Å². The Morgan fingerprint density at radius 1 is 1.48 bits per heavy atom. The lowest BCUT2D eigenvalue weighted by molar-refractivity contribution is -0.119. The van der Waals surface area contributed by atoms with E-state index in [1.54, 1.807) is 7.05 Å². The van der Waals surface area contributed by atoms with Gasteiger partial charge in [0.1, 0.15) is 5.82 Å². The number of rotatable bonds is 8. The molecule has 0 radical (unpaired) electrons. The average Bonchev–Trinajstić information content (AvgIpc) is 3.22. The molecule has 2 N–H and O–H groups in total. The first-order chi connectivity index (χ1) is 10.1. The van der Waals surface area contributed by atoms with E-state index in [2.05, 4.69) is 27.6 Å². The largest absolute Gasteiger partial charge is 0.358 e. The minimum Gasteiger partial charge on any atom is -0.358 e. The van der Waals surface area contributed by atoms with Gasteiger partial charge in [0.05, 0.1) is 12.2 Å². The van der Waals surface area contributed by atoms with Crippen molar-refractivity contribution in [1.82, 2.24) is 20.4 Å². The van der Waals surface area contributed by atoms with Crippen LogP contribution in [0.4, 0.5) is 5.82 Å². The molecule has 21 heavy (non-hydrogen) atoms. The second-order valence-corrected chi connectivity index (χ2v) is 5.76. The van der Waals surface area contributed by atoms with E-state index in [0.717, 1.165) is 31.0 Å². The summed E-state index contributed by atoms with van der Waals surface area (Å²) in [5.74, 6) is 1.09. The first-order valence-corrected chi connectivity index (χ1v) is 7.78. The molecule has 0 atom stereocenters. The van der Waals surface area contributed by atoms with E-state index >= 15 is 0 Å². The van der Waals surface area contributed by atoms with Crippen LogP contribution in [0.2, 0.25) is 0 Å². The molecule has 118 valence electrons. The van der Waals surface area contributed by atoms with Crippen molar-refractivity contribution < 1.29 is 4.79 Å². The van der Waals surface area contributed by atoms with E-state index in [9.17, 15) is 4.79 Å².